The highest BCUT2D eigenvalue weighted by atomic mass is 16.5. The minimum Gasteiger partial charge on any atom is -0.457 e. The number of anilines is 1. The molecule has 32 heavy (non-hydrogen) atoms. The van der Waals surface area contributed by atoms with Gasteiger partial charge in [0.2, 0.25) is 0 Å². The quantitative estimate of drug-likeness (QED) is 0.375. The molecule has 0 N–H and O–H groups in total. The molecule has 1 aliphatic heterocycles. The first-order valence-electron chi connectivity index (χ1n) is 11.4. The largest absolute Gasteiger partial charge is 0.457 e. The number of nitrogens with zero attached hydrogens (tertiary/aromatic N) is 2. The molecular weight excluding hydrogens is 392 g/mol. The monoisotopic (exact) mass is 424 g/mol. The van der Waals surface area contributed by atoms with Gasteiger partial charge in [0.05, 0.1) is 11.2 Å². The van der Waals surface area contributed by atoms with Gasteiger partial charge in [-0.15, -0.1) is 0 Å². The molecule has 1 aliphatic rings. The van der Waals surface area contributed by atoms with Crippen LogP contribution in [0.15, 0.2) is 77.8 Å². The molecule has 0 fully saturated rings. The van der Waals surface area contributed by atoms with Crippen LogP contribution >= 0.6 is 0 Å². The number of aryl methyl sites for hydroxylation is 1. The highest BCUT2D eigenvalue weighted by molar-refractivity contribution is 5.88. The Hall–Kier alpha value is -3.33. The lowest BCUT2D eigenvalue weighted by atomic mass is 9.88. The van der Waals surface area contributed by atoms with E-state index in [0.29, 0.717) is 0 Å². The fraction of sp³-hybridized carbons (Fsp3) is 0.276. The van der Waals surface area contributed by atoms with Crippen molar-refractivity contribution in [3.63, 3.8) is 0 Å². The van der Waals surface area contributed by atoms with Crippen LogP contribution in [0.25, 0.3) is 5.57 Å². The molecule has 0 bridgehead atoms. The molecule has 0 radical (unpaired) electrons. The summed E-state index contributed by atoms with van der Waals surface area (Å²) in [5, 5.41) is 0. The van der Waals surface area contributed by atoms with Crippen LogP contribution in [0.1, 0.15) is 50.8 Å². The van der Waals surface area contributed by atoms with Gasteiger partial charge in [0, 0.05) is 24.0 Å². The molecule has 4 rings (SSSR count). The van der Waals surface area contributed by atoms with Crippen molar-refractivity contribution in [2.45, 2.75) is 46.6 Å². The molecule has 3 heteroatoms. The summed E-state index contributed by atoms with van der Waals surface area (Å²) in [4.78, 5) is 7.18. The van der Waals surface area contributed by atoms with Crippen molar-refractivity contribution in [3.8, 4) is 11.5 Å². The van der Waals surface area contributed by atoms with Gasteiger partial charge in [0.25, 0.3) is 0 Å². The molecule has 3 aromatic carbocycles. The molecular formula is C29H32N2O. The summed E-state index contributed by atoms with van der Waals surface area (Å²) in [6.07, 6.45) is 5.44. The maximum Gasteiger partial charge on any atom is 0.127 e. The predicted octanol–water partition coefficient (Wildman–Crippen LogP) is 7.95. The number of allylic oxidation sites excluding steroid dienone is 1. The highest BCUT2D eigenvalue weighted by Gasteiger charge is 2.30. The first kappa shape index (κ1) is 21.9. The average molecular weight is 425 g/mol. The van der Waals surface area contributed by atoms with E-state index in [1.807, 2.05) is 54.7 Å². The number of rotatable bonds is 6. The van der Waals surface area contributed by atoms with Gasteiger partial charge in [-0.2, -0.15) is 0 Å². The summed E-state index contributed by atoms with van der Waals surface area (Å²) in [6.45, 7) is 12.1. The zero-order valence-corrected chi connectivity index (χ0v) is 19.7. The second kappa shape index (κ2) is 9.04. The van der Waals surface area contributed by atoms with Crippen LogP contribution < -0.4 is 9.64 Å². The Kier molecular flexibility index (Phi) is 6.18. The molecule has 0 saturated heterocycles. The van der Waals surface area contributed by atoms with Gasteiger partial charge in [0.1, 0.15) is 11.5 Å². The van der Waals surface area contributed by atoms with Crippen molar-refractivity contribution in [1.82, 2.24) is 0 Å². The van der Waals surface area contributed by atoms with Crippen molar-refractivity contribution in [1.29, 1.82) is 0 Å². The van der Waals surface area contributed by atoms with Gasteiger partial charge in [-0.25, -0.2) is 0 Å². The predicted molar refractivity (Wildman–Crippen MR) is 137 cm³/mol. The Bertz CT molecular complexity index is 1140. The summed E-state index contributed by atoms with van der Waals surface area (Å²) in [6, 6.07) is 22.6. The fourth-order valence-electron chi connectivity index (χ4n) is 4.31. The van der Waals surface area contributed by atoms with Crippen LogP contribution in [0.4, 0.5) is 11.4 Å². The number of hydrogen-bond donors (Lipinski definition) is 0. The molecule has 0 atom stereocenters. The zero-order valence-electron chi connectivity index (χ0n) is 19.7. The standard InChI is InChI=1S/C29H32N2O/c1-6-17-31-28-16-9-23(18-27(28)22(3)19-29(31,4)5)20-30-24-10-14-26(15-11-24)32-25-12-7-21(2)8-13-25/h7-16,18-20H,6,17H2,1-5H3. The summed E-state index contributed by atoms with van der Waals surface area (Å²) in [7, 11) is 0. The molecule has 0 aromatic heterocycles. The van der Waals surface area contributed by atoms with Crippen LogP contribution in [0.2, 0.25) is 0 Å². The molecule has 0 amide bonds. The summed E-state index contributed by atoms with van der Waals surface area (Å²) in [5.74, 6) is 1.64. The fourth-order valence-corrected chi connectivity index (χ4v) is 4.31. The normalized spacial score (nSPS) is 14.9. The van der Waals surface area contributed by atoms with E-state index in [-0.39, 0.29) is 5.54 Å². The Balaban J connectivity index is 1.50. The summed E-state index contributed by atoms with van der Waals surface area (Å²) >= 11 is 0. The topological polar surface area (TPSA) is 24.8 Å². The van der Waals surface area contributed by atoms with Gasteiger partial charge < -0.3 is 9.64 Å². The van der Waals surface area contributed by atoms with E-state index in [0.717, 1.165) is 35.7 Å². The van der Waals surface area contributed by atoms with E-state index in [4.69, 9.17) is 4.74 Å². The van der Waals surface area contributed by atoms with E-state index < -0.39 is 0 Å². The number of aliphatic imine (C=N–C) groups is 1. The molecule has 0 saturated carbocycles. The van der Waals surface area contributed by atoms with Crippen molar-refractivity contribution >= 4 is 23.2 Å². The van der Waals surface area contributed by atoms with Crippen molar-refractivity contribution < 1.29 is 4.74 Å². The summed E-state index contributed by atoms with van der Waals surface area (Å²) < 4.78 is 5.91. The van der Waals surface area contributed by atoms with Crippen molar-refractivity contribution in [2.24, 2.45) is 4.99 Å². The lowest BCUT2D eigenvalue weighted by molar-refractivity contribution is 0.482. The van der Waals surface area contributed by atoms with Gasteiger partial charge in [0.15, 0.2) is 0 Å². The molecule has 0 aliphatic carbocycles. The first-order chi connectivity index (χ1) is 15.4. The van der Waals surface area contributed by atoms with E-state index in [1.165, 1.54) is 22.4 Å². The molecule has 3 aromatic rings. The zero-order chi connectivity index (χ0) is 22.7. The van der Waals surface area contributed by atoms with Crippen LogP contribution in [0.3, 0.4) is 0 Å². The van der Waals surface area contributed by atoms with Gasteiger partial charge in [-0.05, 0) is 93.8 Å². The van der Waals surface area contributed by atoms with Gasteiger partial charge in [-0.1, -0.05) is 36.8 Å². The molecule has 3 nitrogen and oxygen atoms in total. The maximum absolute atomic E-state index is 5.91. The number of hydrogen-bond acceptors (Lipinski definition) is 3. The highest BCUT2D eigenvalue weighted by Crippen LogP contribution is 2.39. The van der Waals surface area contributed by atoms with E-state index in [2.05, 4.69) is 68.8 Å². The maximum atomic E-state index is 5.91. The number of fused-ring (bicyclic) bond motifs is 1. The van der Waals surface area contributed by atoms with Crippen molar-refractivity contribution in [2.75, 3.05) is 11.4 Å². The third-order valence-corrected chi connectivity index (χ3v) is 5.90. The third kappa shape index (κ3) is 4.77. The molecule has 1 heterocycles. The van der Waals surface area contributed by atoms with Crippen LogP contribution in [0.5, 0.6) is 11.5 Å². The minimum atomic E-state index is 0.0328. The second-order valence-electron chi connectivity index (χ2n) is 9.08. The second-order valence-corrected chi connectivity index (χ2v) is 9.08. The van der Waals surface area contributed by atoms with Gasteiger partial charge in [-0.3, -0.25) is 4.99 Å². The summed E-state index contributed by atoms with van der Waals surface area (Å²) in [5.41, 5.74) is 7.19. The lowest BCUT2D eigenvalue weighted by Gasteiger charge is -2.43. The number of benzene rings is 3. The smallest absolute Gasteiger partial charge is 0.127 e. The Morgan fingerprint density at radius 1 is 0.906 bits per heavy atom. The van der Waals surface area contributed by atoms with Crippen LogP contribution in [0, 0.1) is 6.92 Å². The Morgan fingerprint density at radius 2 is 1.56 bits per heavy atom. The average Bonchev–Trinajstić information content (AvgIpc) is 2.77. The third-order valence-electron chi connectivity index (χ3n) is 5.90. The molecule has 164 valence electrons. The SMILES string of the molecule is CCCN1c2ccc(C=Nc3ccc(Oc4ccc(C)cc4)cc3)cc2C(C)=CC1(C)C. The Labute approximate surface area is 192 Å². The van der Waals surface area contributed by atoms with Crippen molar-refractivity contribution in [3.05, 3.63) is 89.5 Å². The van der Waals surface area contributed by atoms with E-state index in [1.54, 1.807) is 0 Å². The molecule has 0 unspecified atom stereocenters. The lowest BCUT2D eigenvalue weighted by Crippen LogP contribution is -2.45. The van der Waals surface area contributed by atoms with E-state index >= 15 is 0 Å². The van der Waals surface area contributed by atoms with E-state index in [9.17, 15) is 0 Å². The molecule has 0 spiro atoms. The minimum absolute atomic E-state index is 0.0328. The van der Waals surface area contributed by atoms with Crippen LogP contribution in [-0.4, -0.2) is 18.3 Å². The number of ether oxygens (including phenoxy) is 1. The Morgan fingerprint density at radius 3 is 2.22 bits per heavy atom. The van der Waals surface area contributed by atoms with Gasteiger partial charge >= 0.3 is 0 Å². The first-order valence-corrected chi connectivity index (χ1v) is 11.4. The van der Waals surface area contributed by atoms with Crippen LogP contribution in [-0.2, 0) is 0 Å².